The van der Waals surface area contributed by atoms with Crippen LogP contribution in [-0.4, -0.2) is 43.4 Å². The number of rotatable bonds is 19. The Morgan fingerprint density at radius 3 is 1.00 bits per heavy atom. The smallest absolute Gasteiger partial charge is 0.343 e. The molecule has 8 aromatic carbocycles. The van der Waals surface area contributed by atoms with Gasteiger partial charge in [0.05, 0.1) is 56.7 Å². The minimum Gasteiger partial charge on any atom is -0.461 e. The number of carbonyl (C=O) groups is 4. The maximum absolute atomic E-state index is 15.3. The van der Waals surface area contributed by atoms with Gasteiger partial charge in [-0.2, -0.15) is 21.0 Å². The molecule has 0 amide bonds. The van der Waals surface area contributed by atoms with E-state index in [1.165, 1.54) is 24.3 Å². The standard InChI is InChI=1S/C68H46N4O8/c69-41-53-35-19-21-37-56(53)58(39-47-23-7-1-8-24-47)64(73)77-45-55(46-78-65(74)59(40-48-25-9-2-10-26-48)57-38-22-20-36-54(57)42-70)68(79-66(75)62(51-31-15-5-16-32-51)60(43-71)49-27-11-3-12-28-49)80-67(76)63(52-33-17-6-18-34-52)61(44-72)50-29-13-4-14-30-50/h1-40,55,68H,45-46H2/b58-39-,59-40-,62-60-,63-61+. The average molecular weight is 1050 g/mol. The van der Waals surface area contributed by atoms with Gasteiger partial charge in [-0.15, -0.1) is 0 Å². The Hall–Kier alpha value is -11.4. The van der Waals surface area contributed by atoms with Crippen LogP contribution in [0.1, 0.15) is 55.6 Å². The van der Waals surface area contributed by atoms with Gasteiger partial charge in [0.25, 0.3) is 6.29 Å². The molecule has 0 aliphatic rings. The normalized spacial score (nSPS) is 12.1. The van der Waals surface area contributed by atoms with Crippen molar-refractivity contribution in [2.45, 2.75) is 6.29 Å². The Labute approximate surface area is 462 Å². The summed E-state index contributed by atoms with van der Waals surface area (Å²) in [4.78, 5) is 60.2. The molecule has 0 saturated heterocycles. The Balaban J connectivity index is 1.30. The summed E-state index contributed by atoms with van der Waals surface area (Å²) in [6.45, 7) is -1.60. The van der Waals surface area contributed by atoms with Crippen LogP contribution in [0.5, 0.6) is 0 Å². The molecular weight excluding hydrogens is 1000 g/mol. The van der Waals surface area contributed by atoms with Crippen molar-refractivity contribution in [3.05, 3.63) is 286 Å². The first-order chi connectivity index (χ1) is 39.2. The Kier molecular flexibility index (Phi) is 18.8. The lowest BCUT2D eigenvalue weighted by atomic mass is 9.95. The molecule has 12 nitrogen and oxygen atoms in total. The highest BCUT2D eigenvalue weighted by Gasteiger charge is 2.37. The van der Waals surface area contributed by atoms with Crippen LogP contribution in [-0.2, 0) is 38.1 Å². The van der Waals surface area contributed by atoms with E-state index in [-0.39, 0.29) is 66.8 Å². The third kappa shape index (κ3) is 13.7. The summed E-state index contributed by atoms with van der Waals surface area (Å²) in [7, 11) is 0. The molecular formula is C68H46N4O8. The first kappa shape index (κ1) is 54.8. The van der Waals surface area contributed by atoms with Gasteiger partial charge in [-0.25, -0.2) is 19.2 Å². The molecule has 386 valence electrons. The van der Waals surface area contributed by atoms with Crippen molar-refractivity contribution in [3.8, 4) is 24.3 Å². The predicted octanol–water partition coefficient (Wildman–Crippen LogP) is 12.6. The summed E-state index contributed by atoms with van der Waals surface area (Å²) in [5.74, 6) is -5.91. The third-order valence-corrected chi connectivity index (χ3v) is 12.4. The van der Waals surface area contributed by atoms with Crippen LogP contribution in [0.2, 0.25) is 0 Å². The first-order valence-corrected chi connectivity index (χ1v) is 25.0. The molecule has 0 aliphatic carbocycles. The summed E-state index contributed by atoms with van der Waals surface area (Å²) >= 11 is 0. The topological polar surface area (TPSA) is 200 Å². The maximum Gasteiger partial charge on any atom is 0.343 e. The first-order valence-electron chi connectivity index (χ1n) is 25.0. The quantitative estimate of drug-likeness (QED) is 0.0186. The number of nitrogens with zero attached hydrogens (tertiary/aromatic N) is 4. The number of nitriles is 4. The van der Waals surface area contributed by atoms with Crippen molar-refractivity contribution in [1.82, 2.24) is 0 Å². The van der Waals surface area contributed by atoms with Gasteiger partial charge in [0.15, 0.2) is 0 Å². The second-order valence-electron chi connectivity index (χ2n) is 17.6. The summed E-state index contributed by atoms with van der Waals surface area (Å²) < 4.78 is 24.9. The summed E-state index contributed by atoms with van der Waals surface area (Å²) in [5.41, 5.74) is 2.27. The Bertz CT molecular complexity index is 3580. The molecule has 0 saturated carbocycles. The molecule has 80 heavy (non-hydrogen) atoms. The molecule has 0 aromatic heterocycles. The Morgan fingerprint density at radius 1 is 0.375 bits per heavy atom. The zero-order valence-electron chi connectivity index (χ0n) is 42.7. The molecule has 0 aliphatic heterocycles. The molecule has 1 atom stereocenters. The van der Waals surface area contributed by atoms with E-state index in [4.69, 9.17) is 18.9 Å². The van der Waals surface area contributed by atoms with Crippen LogP contribution in [0.4, 0.5) is 0 Å². The molecule has 8 aromatic rings. The highest BCUT2D eigenvalue weighted by molar-refractivity contribution is 6.28. The van der Waals surface area contributed by atoms with E-state index >= 15 is 9.59 Å². The molecule has 8 rings (SSSR count). The summed E-state index contributed by atoms with van der Waals surface area (Å²) in [5, 5.41) is 42.1. The lowest BCUT2D eigenvalue weighted by molar-refractivity contribution is -0.197. The fourth-order valence-corrected chi connectivity index (χ4v) is 8.50. The van der Waals surface area contributed by atoms with Gasteiger partial charge in [0.1, 0.15) is 31.3 Å². The monoisotopic (exact) mass is 1050 g/mol. The van der Waals surface area contributed by atoms with E-state index < -0.39 is 49.3 Å². The summed E-state index contributed by atoms with van der Waals surface area (Å²) in [6.07, 6.45) is 0.915. The average Bonchev–Trinajstić information content (AvgIpc) is 3.53. The van der Waals surface area contributed by atoms with E-state index in [2.05, 4.69) is 24.3 Å². The van der Waals surface area contributed by atoms with Crippen molar-refractivity contribution in [3.63, 3.8) is 0 Å². The number of esters is 4. The number of carbonyl (C=O) groups excluding carboxylic acids is 4. The van der Waals surface area contributed by atoms with Gasteiger partial charge in [-0.3, -0.25) is 0 Å². The van der Waals surface area contributed by atoms with E-state index in [0.29, 0.717) is 22.3 Å². The number of allylic oxidation sites excluding steroid dienone is 2. The zero-order valence-corrected chi connectivity index (χ0v) is 42.7. The molecule has 0 N–H and O–H groups in total. The van der Waals surface area contributed by atoms with Crippen LogP contribution < -0.4 is 0 Å². The van der Waals surface area contributed by atoms with Crippen molar-refractivity contribution in [2.24, 2.45) is 5.92 Å². The van der Waals surface area contributed by atoms with Gasteiger partial charge in [-0.1, -0.05) is 218 Å². The fourth-order valence-electron chi connectivity index (χ4n) is 8.50. The SMILES string of the molecule is N#C/C(=C(\C(=O)OC(OC(=O)/C(=C(/C#N)c1ccccc1)c1ccccc1)C(COC(=O)/C(=C\c1ccccc1)c1ccccc1C#N)COC(=O)/C(=C\c1ccccc1)c1ccccc1C#N)c1ccccc1)c1ccccc1. The lowest BCUT2D eigenvalue weighted by Gasteiger charge is -2.28. The molecule has 12 heteroatoms. The molecule has 1 unspecified atom stereocenters. The number of hydrogen-bond acceptors (Lipinski definition) is 12. The van der Waals surface area contributed by atoms with Crippen LogP contribution in [0.25, 0.3) is 45.6 Å². The number of hydrogen-bond donors (Lipinski definition) is 0. The highest BCUT2D eigenvalue weighted by atomic mass is 16.7. The Morgan fingerprint density at radius 2 is 0.675 bits per heavy atom. The van der Waals surface area contributed by atoms with E-state index in [9.17, 15) is 30.6 Å². The second kappa shape index (κ2) is 27.4. The highest BCUT2D eigenvalue weighted by Crippen LogP contribution is 2.33. The number of benzene rings is 8. The van der Waals surface area contributed by atoms with E-state index in [1.807, 2.05) is 0 Å². The predicted molar refractivity (Wildman–Crippen MR) is 303 cm³/mol. The summed E-state index contributed by atoms with van der Waals surface area (Å²) in [6, 6.07) is 72.1. The van der Waals surface area contributed by atoms with Gasteiger partial charge in [0, 0.05) is 11.1 Å². The zero-order chi connectivity index (χ0) is 56.1. The van der Waals surface area contributed by atoms with Gasteiger partial charge in [0.2, 0.25) is 0 Å². The van der Waals surface area contributed by atoms with Crippen LogP contribution in [0, 0.1) is 51.2 Å². The molecule has 0 radical (unpaired) electrons. The van der Waals surface area contributed by atoms with Gasteiger partial charge in [-0.05, 0) is 57.7 Å². The van der Waals surface area contributed by atoms with Crippen LogP contribution in [0.3, 0.4) is 0 Å². The molecule has 0 bridgehead atoms. The van der Waals surface area contributed by atoms with E-state index in [1.54, 1.807) is 218 Å². The van der Waals surface area contributed by atoms with E-state index in [0.717, 1.165) is 0 Å². The minimum absolute atomic E-state index is 0.0533. The number of ether oxygens (including phenoxy) is 4. The van der Waals surface area contributed by atoms with Crippen LogP contribution in [0.15, 0.2) is 231 Å². The fraction of sp³-hybridized carbons (Fsp3) is 0.0588. The molecule has 0 fully saturated rings. The van der Waals surface area contributed by atoms with Crippen molar-refractivity contribution in [2.75, 3.05) is 13.2 Å². The third-order valence-electron chi connectivity index (χ3n) is 12.4. The minimum atomic E-state index is -2.15. The van der Waals surface area contributed by atoms with Crippen molar-refractivity contribution >= 4 is 69.5 Å². The van der Waals surface area contributed by atoms with Crippen LogP contribution >= 0.6 is 0 Å². The van der Waals surface area contributed by atoms with Crippen molar-refractivity contribution < 1.29 is 38.1 Å². The van der Waals surface area contributed by atoms with Gasteiger partial charge >= 0.3 is 23.9 Å². The van der Waals surface area contributed by atoms with Gasteiger partial charge < -0.3 is 18.9 Å². The molecule has 0 spiro atoms. The van der Waals surface area contributed by atoms with Crippen molar-refractivity contribution in [1.29, 1.82) is 21.0 Å². The lowest BCUT2D eigenvalue weighted by Crippen LogP contribution is -2.39. The second-order valence-corrected chi connectivity index (χ2v) is 17.6. The largest absolute Gasteiger partial charge is 0.461 e. The maximum atomic E-state index is 15.3. The molecule has 0 heterocycles.